The van der Waals surface area contributed by atoms with E-state index in [1.807, 2.05) is 44.2 Å². The molecule has 1 N–H and O–H groups in total. The molecular weight excluding hydrogens is 540 g/mol. The molecule has 3 aromatic carbocycles. The van der Waals surface area contributed by atoms with Crippen LogP contribution in [0.1, 0.15) is 49.4 Å². The molecule has 1 atom stereocenters. The first-order valence-corrected chi connectivity index (χ1v) is 14.4. The Bertz CT molecular complexity index is 1630. The van der Waals surface area contributed by atoms with Gasteiger partial charge in [-0.2, -0.15) is 0 Å². The number of aryl methyl sites for hydroxylation is 1. The van der Waals surface area contributed by atoms with Crippen LogP contribution in [0.15, 0.2) is 66.2 Å². The second-order valence-corrected chi connectivity index (χ2v) is 10.7. The quantitative estimate of drug-likeness (QED) is 0.0964. The van der Waals surface area contributed by atoms with Crippen LogP contribution in [0.2, 0.25) is 0 Å². The number of unbranched alkanes of at least 4 members (excludes halogenated alkanes) is 1. The van der Waals surface area contributed by atoms with Gasteiger partial charge in [-0.05, 0) is 56.2 Å². The number of anilines is 1. The van der Waals surface area contributed by atoms with E-state index in [1.165, 1.54) is 16.2 Å². The van der Waals surface area contributed by atoms with Gasteiger partial charge in [0.05, 0.1) is 42.2 Å². The van der Waals surface area contributed by atoms with E-state index in [0.29, 0.717) is 52.2 Å². The van der Waals surface area contributed by atoms with Gasteiger partial charge in [-0.25, -0.2) is 4.98 Å². The fourth-order valence-corrected chi connectivity index (χ4v) is 5.79. The SMILES string of the molecule is CCCCOc1ccc(C2/C(=C(\O)c3ccc(C)cc3)C(=O)C(=O)N2c2nc3ccc(OCC)cc3s2)cc1OC. The standard InChI is InChI=1S/C32H32N2O6S/c1-5-7-16-40-24-15-12-21(17-25(24)38-4)28-27(29(35)20-10-8-19(3)9-11-20)30(36)31(37)34(28)32-33-23-14-13-22(39-6-2)18-26(23)41-32/h8-15,17-18,28,35H,5-7,16H2,1-4H3/b29-27+. The van der Waals surface area contributed by atoms with Crippen molar-refractivity contribution in [3.05, 3.63) is 82.9 Å². The van der Waals surface area contributed by atoms with Crippen molar-refractivity contribution in [1.29, 1.82) is 0 Å². The van der Waals surface area contributed by atoms with Crippen molar-refractivity contribution in [2.45, 2.75) is 39.7 Å². The predicted molar refractivity (Wildman–Crippen MR) is 160 cm³/mol. The minimum Gasteiger partial charge on any atom is -0.507 e. The maximum atomic E-state index is 13.6. The Labute approximate surface area is 242 Å². The minimum atomic E-state index is -0.943. The van der Waals surface area contributed by atoms with Crippen molar-refractivity contribution in [2.75, 3.05) is 25.2 Å². The third kappa shape index (κ3) is 5.50. The van der Waals surface area contributed by atoms with E-state index in [-0.39, 0.29) is 11.3 Å². The van der Waals surface area contributed by atoms with Gasteiger partial charge in [-0.3, -0.25) is 14.5 Å². The zero-order chi connectivity index (χ0) is 29.1. The average Bonchev–Trinajstić information content (AvgIpc) is 3.51. The Hall–Kier alpha value is -4.37. The van der Waals surface area contributed by atoms with Crippen LogP contribution in [0.25, 0.3) is 16.0 Å². The molecule has 0 spiro atoms. The Morgan fingerprint density at radius 1 is 1.00 bits per heavy atom. The smallest absolute Gasteiger partial charge is 0.301 e. The summed E-state index contributed by atoms with van der Waals surface area (Å²) >= 11 is 1.28. The predicted octanol–water partition coefficient (Wildman–Crippen LogP) is 6.82. The van der Waals surface area contributed by atoms with E-state index in [4.69, 9.17) is 19.2 Å². The lowest BCUT2D eigenvalue weighted by Gasteiger charge is -2.24. The van der Waals surface area contributed by atoms with Crippen molar-refractivity contribution in [3.8, 4) is 17.2 Å². The second-order valence-electron chi connectivity index (χ2n) is 9.71. The second kappa shape index (κ2) is 12.0. The highest BCUT2D eigenvalue weighted by atomic mass is 32.1. The largest absolute Gasteiger partial charge is 0.507 e. The van der Waals surface area contributed by atoms with Crippen molar-refractivity contribution in [1.82, 2.24) is 4.98 Å². The monoisotopic (exact) mass is 572 g/mol. The topological polar surface area (TPSA) is 98.2 Å². The van der Waals surface area contributed by atoms with E-state index in [1.54, 1.807) is 37.4 Å². The number of aromatic nitrogens is 1. The Morgan fingerprint density at radius 3 is 2.49 bits per heavy atom. The molecule has 0 radical (unpaired) electrons. The molecule has 1 aromatic heterocycles. The van der Waals surface area contributed by atoms with Crippen LogP contribution >= 0.6 is 11.3 Å². The summed E-state index contributed by atoms with van der Waals surface area (Å²) in [5.74, 6) is -0.0946. The summed E-state index contributed by atoms with van der Waals surface area (Å²) in [6.45, 7) is 6.98. The highest BCUT2D eigenvalue weighted by Crippen LogP contribution is 2.46. The van der Waals surface area contributed by atoms with Gasteiger partial charge < -0.3 is 19.3 Å². The molecule has 1 fully saturated rings. The molecule has 41 heavy (non-hydrogen) atoms. The summed E-state index contributed by atoms with van der Waals surface area (Å²) in [5.41, 5.74) is 2.67. The molecule has 0 bridgehead atoms. The number of benzene rings is 3. The molecule has 4 aromatic rings. The number of methoxy groups -OCH3 is 1. The number of hydrogen-bond donors (Lipinski definition) is 1. The van der Waals surface area contributed by atoms with Crippen molar-refractivity contribution in [2.24, 2.45) is 0 Å². The lowest BCUT2D eigenvalue weighted by atomic mass is 9.95. The first-order chi connectivity index (χ1) is 19.9. The molecule has 5 rings (SSSR count). The van der Waals surface area contributed by atoms with Gasteiger partial charge in [0, 0.05) is 5.56 Å². The number of rotatable bonds is 10. The maximum Gasteiger partial charge on any atom is 0.301 e. The fourth-order valence-electron chi connectivity index (χ4n) is 4.76. The average molecular weight is 573 g/mol. The van der Waals surface area contributed by atoms with E-state index in [2.05, 4.69) is 6.92 Å². The van der Waals surface area contributed by atoms with Crippen LogP contribution in [-0.4, -0.2) is 42.1 Å². The third-order valence-corrected chi connectivity index (χ3v) is 7.91. The number of nitrogens with zero attached hydrogens (tertiary/aromatic N) is 2. The highest BCUT2D eigenvalue weighted by molar-refractivity contribution is 7.22. The number of carbonyl (C=O) groups is 2. The van der Waals surface area contributed by atoms with Crippen LogP contribution in [0.3, 0.4) is 0 Å². The van der Waals surface area contributed by atoms with Gasteiger partial charge in [0.1, 0.15) is 11.5 Å². The molecule has 0 aliphatic carbocycles. The lowest BCUT2D eigenvalue weighted by Crippen LogP contribution is -2.29. The summed E-state index contributed by atoms with van der Waals surface area (Å²) in [4.78, 5) is 33.3. The minimum absolute atomic E-state index is 0.0187. The molecule has 9 heteroatoms. The van der Waals surface area contributed by atoms with E-state index in [9.17, 15) is 14.7 Å². The Balaban J connectivity index is 1.67. The summed E-state index contributed by atoms with van der Waals surface area (Å²) in [6.07, 6.45) is 1.88. The number of amides is 1. The number of aliphatic hydroxyl groups is 1. The molecule has 1 saturated heterocycles. The van der Waals surface area contributed by atoms with Crippen molar-refractivity contribution >= 4 is 44.1 Å². The van der Waals surface area contributed by atoms with Gasteiger partial charge >= 0.3 is 5.91 Å². The molecule has 1 aliphatic heterocycles. The molecule has 1 aliphatic rings. The third-order valence-electron chi connectivity index (χ3n) is 6.89. The zero-order valence-corrected chi connectivity index (χ0v) is 24.3. The van der Waals surface area contributed by atoms with Crippen LogP contribution in [0.5, 0.6) is 17.2 Å². The molecule has 1 amide bonds. The van der Waals surface area contributed by atoms with E-state index in [0.717, 1.165) is 23.1 Å². The summed E-state index contributed by atoms with van der Waals surface area (Å²) in [7, 11) is 1.54. The number of ketones is 1. The number of fused-ring (bicyclic) bond motifs is 1. The van der Waals surface area contributed by atoms with E-state index >= 15 is 0 Å². The van der Waals surface area contributed by atoms with Gasteiger partial charge in [-0.1, -0.05) is 60.6 Å². The van der Waals surface area contributed by atoms with Gasteiger partial charge in [0.15, 0.2) is 16.6 Å². The number of ether oxygens (including phenoxy) is 3. The molecular formula is C32H32N2O6S. The van der Waals surface area contributed by atoms with Crippen molar-refractivity contribution < 1.29 is 28.9 Å². The molecule has 2 heterocycles. The summed E-state index contributed by atoms with van der Waals surface area (Å²) in [6, 6.07) is 17.0. The van der Waals surface area contributed by atoms with Gasteiger partial charge in [0.25, 0.3) is 5.78 Å². The lowest BCUT2D eigenvalue weighted by molar-refractivity contribution is -0.132. The van der Waals surface area contributed by atoms with E-state index < -0.39 is 17.7 Å². The van der Waals surface area contributed by atoms with Crippen molar-refractivity contribution in [3.63, 3.8) is 0 Å². The number of thiazole rings is 1. The maximum absolute atomic E-state index is 13.6. The van der Waals surface area contributed by atoms with Crippen LogP contribution in [0.4, 0.5) is 5.13 Å². The normalized spacial score (nSPS) is 16.4. The Kier molecular flexibility index (Phi) is 8.26. The summed E-state index contributed by atoms with van der Waals surface area (Å²) < 4.78 is 18.0. The molecule has 0 saturated carbocycles. The van der Waals surface area contributed by atoms with Crippen LogP contribution in [-0.2, 0) is 9.59 Å². The Morgan fingerprint density at radius 2 is 1.78 bits per heavy atom. The summed E-state index contributed by atoms with van der Waals surface area (Å²) in [5, 5.41) is 11.8. The highest BCUT2D eigenvalue weighted by Gasteiger charge is 2.48. The number of carbonyl (C=O) groups excluding carboxylic acids is 2. The molecule has 1 unspecified atom stereocenters. The first kappa shape index (κ1) is 28.2. The molecule has 8 nitrogen and oxygen atoms in total. The first-order valence-electron chi connectivity index (χ1n) is 13.6. The number of Topliss-reactive ketones (excluding diaryl/α,β-unsaturated/α-hetero) is 1. The number of aliphatic hydroxyl groups excluding tert-OH is 1. The van der Waals surface area contributed by atoms with Crippen LogP contribution in [0, 0.1) is 6.92 Å². The van der Waals surface area contributed by atoms with Gasteiger partial charge in [0.2, 0.25) is 0 Å². The fraction of sp³-hybridized carbons (Fsp3) is 0.281. The zero-order valence-electron chi connectivity index (χ0n) is 23.5. The molecule has 212 valence electrons. The number of hydrogen-bond acceptors (Lipinski definition) is 8. The van der Waals surface area contributed by atoms with Crippen LogP contribution < -0.4 is 19.1 Å². The van der Waals surface area contributed by atoms with Gasteiger partial charge in [-0.15, -0.1) is 0 Å².